The van der Waals surface area contributed by atoms with Crippen molar-refractivity contribution in [3.05, 3.63) is 253 Å². The van der Waals surface area contributed by atoms with E-state index in [4.69, 9.17) is 9.47 Å². The van der Waals surface area contributed by atoms with Crippen LogP contribution in [0.3, 0.4) is 0 Å². The number of carbonyl (C=O) groups is 4. The molecule has 0 unspecified atom stereocenters. The fraction of sp³-hybridized carbons (Fsp3) is 0.0303. The highest BCUT2D eigenvalue weighted by molar-refractivity contribution is 6.22. The molecule has 8 heteroatoms. The average Bonchev–Trinajstić information content (AvgIpc) is 3.81. The first-order valence-corrected chi connectivity index (χ1v) is 24.3. The molecule has 0 saturated heterocycles. The first-order valence-electron chi connectivity index (χ1n) is 24.3. The van der Waals surface area contributed by atoms with Crippen LogP contribution in [0.2, 0.25) is 0 Å². The van der Waals surface area contributed by atoms with E-state index in [1.165, 1.54) is 14.1 Å². The van der Waals surface area contributed by atoms with Gasteiger partial charge in [-0.25, -0.2) is 0 Å². The van der Waals surface area contributed by atoms with Crippen LogP contribution < -0.4 is 9.47 Å². The first-order chi connectivity index (χ1) is 36.2. The van der Waals surface area contributed by atoms with Crippen molar-refractivity contribution in [2.75, 3.05) is 14.1 Å². The largest absolute Gasteiger partial charge is 0.456 e. The summed E-state index contributed by atoms with van der Waals surface area (Å²) in [7, 11) is 2.98. The summed E-state index contributed by atoms with van der Waals surface area (Å²) in [6.45, 7) is 0. The highest BCUT2D eigenvalue weighted by Crippen LogP contribution is 2.57. The van der Waals surface area contributed by atoms with E-state index in [-0.39, 0.29) is 34.8 Å². The standard InChI is InChI=1S/C66H44N2O6/c1-67-63(69)49-35-33-47(37-55(49)65(67)71)73-61-51(41-21-9-3-10-22-41)39-53(57(43-25-13-5-14-26-43)59(61)45-29-17-7-18-30-45)54-40-52(42-23-11-4-12-24-42)62(74-48-34-36-50-56(38-48)66(72)68(2)64(50)70)60(46-31-19-8-20-32-46)58(54)44-27-15-6-16-28-44/h3-40H,1-2H3. The van der Waals surface area contributed by atoms with Crippen molar-refractivity contribution in [1.82, 2.24) is 9.80 Å². The van der Waals surface area contributed by atoms with Crippen LogP contribution in [0.15, 0.2) is 231 Å². The Labute approximate surface area is 428 Å². The van der Waals surface area contributed by atoms with Crippen LogP contribution in [0.25, 0.3) is 77.9 Å². The Hall–Kier alpha value is -9.92. The van der Waals surface area contributed by atoms with Gasteiger partial charge in [-0.2, -0.15) is 0 Å². The number of hydrogen-bond acceptors (Lipinski definition) is 6. The number of hydrogen-bond donors (Lipinski definition) is 0. The molecule has 8 nitrogen and oxygen atoms in total. The van der Waals surface area contributed by atoms with Gasteiger partial charge in [-0.05, 0) is 93.0 Å². The minimum absolute atomic E-state index is 0.279. The number of imide groups is 2. The van der Waals surface area contributed by atoms with E-state index in [0.717, 1.165) is 87.7 Å². The third-order valence-electron chi connectivity index (χ3n) is 13.8. The number of ether oxygens (including phenoxy) is 2. The van der Waals surface area contributed by atoms with Crippen LogP contribution >= 0.6 is 0 Å². The molecule has 0 radical (unpaired) electrons. The van der Waals surface area contributed by atoms with Crippen molar-refractivity contribution >= 4 is 23.6 Å². The Bertz CT molecular complexity index is 3610. The zero-order chi connectivity index (χ0) is 50.5. The first kappa shape index (κ1) is 45.2. The molecule has 2 aliphatic rings. The summed E-state index contributed by atoms with van der Waals surface area (Å²) in [6, 6.07) is 75.8. The van der Waals surface area contributed by atoms with Gasteiger partial charge in [-0.15, -0.1) is 0 Å². The number of benzene rings is 10. The van der Waals surface area contributed by atoms with Gasteiger partial charge in [0, 0.05) is 47.5 Å². The van der Waals surface area contributed by atoms with Gasteiger partial charge < -0.3 is 9.47 Å². The summed E-state index contributed by atoms with van der Waals surface area (Å²) in [5, 5.41) is 0. The quantitative estimate of drug-likeness (QED) is 0.120. The van der Waals surface area contributed by atoms with Gasteiger partial charge in [0.25, 0.3) is 23.6 Å². The minimum atomic E-state index is -0.390. The normalized spacial score (nSPS) is 12.8. The Morgan fingerprint density at radius 2 is 0.527 bits per heavy atom. The van der Waals surface area contributed by atoms with E-state index < -0.39 is 0 Å². The van der Waals surface area contributed by atoms with E-state index in [1.54, 1.807) is 36.4 Å². The molecule has 10 aromatic rings. The molecule has 0 fully saturated rings. The van der Waals surface area contributed by atoms with Gasteiger partial charge in [0.1, 0.15) is 23.0 Å². The van der Waals surface area contributed by atoms with Crippen LogP contribution in [0.4, 0.5) is 0 Å². The Morgan fingerprint density at radius 3 is 0.838 bits per heavy atom. The summed E-state index contributed by atoms with van der Waals surface area (Å²) in [5.41, 5.74) is 13.3. The van der Waals surface area contributed by atoms with E-state index in [0.29, 0.717) is 34.1 Å². The molecule has 0 bridgehead atoms. The Balaban J connectivity index is 1.24. The van der Waals surface area contributed by atoms with E-state index >= 15 is 0 Å². The molecule has 0 atom stereocenters. The van der Waals surface area contributed by atoms with Crippen molar-refractivity contribution in [1.29, 1.82) is 0 Å². The maximum absolute atomic E-state index is 13.5. The molecule has 0 aliphatic carbocycles. The lowest BCUT2D eigenvalue weighted by Crippen LogP contribution is -2.24. The third-order valence-corrected chi connectivity index (χ3v) is 13.8. The molecular formula is C66H44N2O6. The summed E-state index contributed by atoms with van der Waals surface area (Å²) in [5.74, 6) is 0.410. The Kier molecular flexibility index (Phi) is 11.4. The van der Waals surface area contributed by atoms with Crippen molar-refractivity contribution in [2.24, 2.45) is 0 Å². The third kappa shape index (κ3) is 7.82. The second-order valence-corrected chi connectivity index (χ2v) is 18.3. The summed E-state index contributed by atoms with van der Waals surface area (Å²) in [4.78, 5) is 55.4. The van der Waals surface area contributed by atoms with E-state index in [2.05, 4.69) is 84.9 Å². The van der Waals surface area contributed by atoms with Gasteiger partial charge in [-0.1, -0.05) is 182 Å². The van der Waals surface area contributed by atoms with E-state index in [1.807, 2.05) is 109 Å². The summed E-state index contributed by atoms with van der Waals surface area (Å²) < 4.78 is 14.5. The summed E-state index contributed by atoms with van der Waals surface area (Å²) in [6.07, 6.45) is 0. The second kappa shape index (κ2) is 18.7. The lowest BCUT2D eigenvalue weighted by atomic mass is 9.78. The molecule has 0 N–H and O–H groups in total. The van der Waals surface area contributed by atoms with E-state index in [9.17, 15) is 19.2 Å². The van der Waals surface area contributed by atoms with Crippen LogP contribution in [0.5, 0.6) is 23.0 Å². The van der Waals surface area contributed by atoms with Crippen LogP contribution in [0, 0.1) is 0 Å². The zero-order valence-electron chi connectivity index (χ0n) is 40.3. The SMILES string of the molecule is CN1C(=O)c2ccc(Oc3c(-c4ccccc4)cc(-c4cc(-c5ccccc5)c(Oc5ccc6c(c5)C(=O)N(C)C6=O)c(-c5ccccc5)c4-c4ccccc4)c(-c4ccccc4)c3-c3ccccc3)cc2C1=O. The lowest BCUT2D eigenvalue weighted by Gasteiger charge is -2.28. The van der Waals surface area contributed by atoms with Crippen LogP contribution in [-0.4, -0.2) is 47.5 Å². The summed E-state index contributed by atoms with van der Waals surface area (Å²) >= 11 is 0. The minimum Gasteiger partial charge on any atom is -0.456 e. The van der Waals surface area contributed by atoms with Gasteiger partial charge >= 0.3 is 0 Å². The lowest BCUT2D eigenvalue weighted by molar-refractivity contribution is 0.0677. The van der Waals surface area contributed by atoms with Gasteiger partial charge in [0.15, 0.2) is 0 Å². The molecule has 12 rings (SSSR count). The molecule has 0 aromatic heterocycles. The topological polar surface area (TPSA) is 93.2 Å². The number of nitrogens with zero attached hydrogens (tertiary/aromatic N) is 2. The monoisotopic (exact) mass is 960 g/mol. The molecule has 0 saturated carbocycles. The molecule has 74 heavy (non-hydrogen) atoms. The van der Waals surface area contributed by atoms with Gasteiger partial charge in [-0.3, -0.25) is 29.0 Å². The molecule has 354 valence electrons. The number of rotatable bonds is 11. The fourth-order valence-electron chi connectivity index (χ4n) is 10.2. The molecule has 2 heterocycles. The average molecular weight is 961 g/mol. The molecular weight excluding hydrogens is 917 g/mol. The van der Waals surface area contributed by atoms with Crippen LogP contribution in [-0.2, 0) is 0 Å². The maximum Gasteiger partial charge on any atom is 0.261 e. The highest BCUT2D eigenvalue weighted by atomic mass is 16.5. The predicted octanol–water partition coefficient (Wildman–Crippen LogP) is 15.4. The maximum atomic E-state index is 13.5. The highest BCUT2D eigenvalue weighted by Gasteiger charge is 2.36. The molecule has 2 aliphatic heterocycles. The van der Waals surface area contributed by atoms with Crippen molar-refractivity contribution < 1.29 is 28.7 Å². The van der Waals surface area contributed by atoms with Gasteiger partial charge in [0.05, 0.1) is 22.3 Å². The zero-order valence-corrected chi connectivity index (χ0v) is 40.3. The number of amides is 4. The fourth-order valence-corrected chi connectivity index (χ4v) is 10.2. The number of fused-ring (bicyclic) bond motifs is 2. The predicted molar refractivity (Wildman–Crippen MR) is 290 cm³/mol. The van der Waals surface area contributed by atoms with Crippen molar-refractivity contribution in [2.45, 2.75) is 0 Å². The van der Waals surface area contributed by atoms with Crippen molar-refractivity contribution in [3.8, 4) is 101 Å². The molecule has 10 aromatic carbocycles. The number of carbonyl (C=O) groups excluding carboxylic acids is 4. The second-order valence-electron chi connectivity index (χ2n) is 18.3. The Morgan fingerprint density at radius 1 is 0.257 bits per heavy atom. The molecule has 4 amide bonds. The van der Waals surface area contributed by atoms with Crippen LogP contribution in [0.1, 0.15) is 41.4 Å². The van der Waals surface area contributed by atoms with Crippen molar-refractivity contribution in [3.63, 3.8) is 0 Å². The smallest absolute Gasteiger partial charge is 0.261 e. The molecule has 0 spiro atoms. The van der Waals surface area contributed by atoms with Gasteiger partial charge in [0.2, 0.25) is 0 Å².